The van der Waals surface area contributed by atoms with E-state index in [9.17, 15) is 4.79 Å². The molecule has 6 nitrogen and oxygen atoms in total. The lowest BCUT2D eigenvalue weighted by Gasteiger charge is -2.08. The molecule has 0 spiro atoms. The average molecular weight is 260 g/mol. The van der Waals surface area contributed by atoms with Gasteiger partial charge < -0.3 is 10.4 Å². The number of hydrogen-bond acceptors (Lipinski definition) is 4. The number of aliphatic hydroxyl groups excluding tert-OH is 1. The molecule has 0 radical (unpaired) electrons. The third kappa shape index (κ3) is 3.17. The molecule has 1 aromatic heterocycles. The Morgan fingerprint density at radius 1 is 1.42 bits per heavy atom. The molecule has 2 N–H and O–H groups in total. The molecule has 0 saturated heterocycles. The number of nitrogens with one attached hydrogen (secondary N) is 1. The van der Waals surface area contributed by atoms with Crippen molar-refractivity contribution in [3.05, 3.63) is 41.7 Å². The Morgan fingerprint density at radius 2 is 2.11 bits per heavy atom. The molecule has 1 heterocycles. The van der Waals surface area contributed by atoms with E-state index in [2.05, 4.69) is 15.6 Å². The number of aliphatic hydroxyl groups is 1. The van der Waals surface area contributed by atoms with E-state index in [4.69, 9.17) is 5.11 Å². The molecule has 100 valence electrons. The summed E-state index contributed by atoms with van der Waals surface area (Å²) in [6.07, 6.45) is 1.56. The lowest BCUT2D eigenvalue weighted by molar-refractivity contribution is 0.0917. The van der Waals surface area contributed by atoms with E-state index in [0.717, 1.165) is 11.3 Å². The topological polar surface area (TPSA) is 80.0 Å². The first-order valence-electron chi connectivity index (χ1n) is 6.01. The normalized spacial score (nSPS) is 12.2. The van der Waals surface area contributed by atoms with Crippen molar-refractivity contribution in [2.45, 2.75) is 19.9 Å². The van der Waals surface area contributed by atoms with E-state index in [1.807, 2.05) is 31.2 Å². The second-order valence-electron chi connectivity index (χ2n) is 4.44. The van der Waals surface area contributed by atoms with E-state index >= 15 is 0 Å². The highest BCUT2D eigenvalue weighted by molar-refractivity contribution is 5.92. The van der Waals surface area contributed by atoms with E-state index in [-0.39, 0.29) is 24.2 Å². The molecule has 1 amide bonds. The second-order valence-corrected chi connectivity index (χ2v) is 4.44. The zero-order valence-corrected chi connectivity index (χ0v) is 10.9. The van der Waals surface area contributed by atoms with Crippen molar-refractivity contribution in [2.75, 3.05) is 6.61 Å². The van der Waals surface area contributed by atoms with Crippen molar-refractivity contribution in [3.8, 4) is 5.69 Å². The highest BCUT2D eigenvalue weighted by atomic mass is 16.3. The lowest BCUT2D eigenvalue weighted by Crippen LogP contribution is -2.35. The van der Waals surface area contributed by atoms with E-state index in [1.165, 1.54) is 4.68 Å². The van der Waals surface area contributed by atoms with Gasteiger partial charge in [-0.15, -0.1) is 5.10 Å². The van der Waals surface area contributed by atoms with Crippen LogP contribution in [0.25, 0.3) is 5.69 Å². The number of carbonyl (C=O) groups is 1. The predicted octanol–water partition coefficient (Wildman–Crippen LogP) is 0.686. The molecule has 6 heteroatoms. The van der Waals surface area contributed by atoms with Gasteiger partial charge in [-0.3, -0.25) is 4.79 Å². The van der Waals surface area contributed by atoms with Gasteiger partial charge in [0.15, 0.2) is 5.69 Å². The summed E-state index contributed by atoms with van der Waals surface area (Å²) in [7, 11) is 0. The van der Waals surface area contributed by atoms with Gasteiger partial charge in [-0.25, -0.2) is 4.68 Å². The summed E-state index contributed by atoms with van der Waals surface area (Å²) in [6.45, 7) is 3.60. The molecule has 2 aromatic rings. The zero-order chi connectivity index (χ0) is 13.8. The van der Waals surface area contributed by atoms with Crippen LogP contribution in [0.3, 0.4) is 0 Å². The molecule has 0 fully saturated rings. The van der Waals surface area contributed by atoms with Crippen LogP contribution in [0.2, 0.25) is 0 Å². The maximum atomic E-state index is 11.8. The quantitative estimate of drug-likeness (QED) is 0.847. The van der Waals surface area contributed by atoms with Crippen molar-refractivity contribution in [2.24, 2.45) is 0 Å². The lowest BCUT2D eigenvalue weighted by atomic mass is 10.2. The molecule has 0 saturated carbocycles. The molecule has 2 rings (SSSR count). The van der Waals surface area contributed by atoms with Gasteiger partial charge >= 0.3 is 0 Å². The van der Waals surface area contributed by atoms with Crippen molar-refractivity contribution < 1.29 is 9.90 Å². The zero-order valence-electron chi connectivity index (χ0n) is 10.9. The monoisotopic (exact) mass is 260 g/mol. The Kier molecular flexibility index (Phi) is 3.91. The molecule has 1 aromatic carbocycles. The van der Waals surface area contributed by atoms with Gasteiger partial charge in [0.2, 0.25) is 0 Å². The Bertz CT molecular complexity index is 562. The molecule has 1 atom stereocenters. The van der Waals surface area contributed by atoms with Crippen LogP contribution >= 0.6 is 0 Å². The summed E-state index contributed by atoms with van der Waals surface area (Å²) < 4.78 is 1.54. The Hall–Kier alpha value is -2.21. The Morgan fingerprint density at radius 3 is 2.74 bits per heavy atom. The summed E-state index contributed by atoms with van der Waals surface area (Å²) in [5, 5.41) is 19.2. The van der Waals surface area contributed by atoms with Gasteiger partial charge in [0.1, 0.15) is 0 Å². The fourth-order valence-electron chi connectivity index (χ4n) is 1.53. The number of nitrogens with zero attached hydrogens (tertiary/aromatic N) is 3. The standard InChI is InChI=1S/C13H16N4O2/c1-9-3-5-11(6-4-9)17-7-12(15-16-17)13(19)14-10(2)8-18/h3-7,10,18H,8H2,1-2H3,(H,14,19). The van der Waals surface area contributed by atoms with Gasteiger partial charge in [-0.2, -0.15) is 0 Å². The Labute approximate surface area is 111 Å². The molecular weight excluding hydrogens is 244 g/mol. The highest BCUT2D eigenvalue weighted by Crippen LogP contribution is 2.08. The number of aromatic nitrogens is 3. The maximum Gasteiger partial charge on any atom is 0.273 e. The minimum Gasteiger partial charge on any atom is -0.394 e. The van der Waals surface area contributed by atoms with Crippen LogP contribution in [-0.2, 0) is 0 Å². The summed E-state index contributed by atoms with van der Waals surface area (Å²) >= 11 is 0. The first kappa shape index (κ1) is 13.2. The number of carbonyl (C=O) groups excluding carboxylic acids is 1. The minimum atomic E-state index is -0.347. The highest BCUT2D eigenvalue weighted by Gasteiger charge is 2.13. The molecule has 0 aliphatic heterocycles. The average Bonchev–Trinajstić information content (AvgIpc) is 2.89. The van der Waals surface area contributed by atoms with E-state index in [0.29, 0.717) is 0 Å². The fourth-order valence-corrected chi connectivity index (χ4v) is 1.53. The van der Waals surface area contributed by atoms with Gasteiger partial charge in [-0.05, 0) is 26.0 Å². The molecule has 1 unspecified atom stereocenters. The van der Waals surface area contributed by atoms with Gasteiger partial charge in [-0.1, -0.05) is 22.9 Å². The summed E-state index contributed by atoms with van der Waals surface area (Å²) in [4.78, 5) is 11.8. The van der Waals surface area contributed by atoms with Gasteiger partial charge in [0, 0.05) is 6.04 Å². The molecule has 19 heavy (non-hydrogen) atoms. The van der Waals surface area contributed by atoms with Crippen LogP contribution in [0.4, 0.5) is 0 Å². The molecular formula is C13H16N4O2. The van der Waals surface area contributed by atoms with E-state index < -0.39 is 0 Å². The van der Waals surface area contributed by atoms with Crippen molar-refractivity contribution >= 4 is 5.91 Å². The summed E-state index contributed by atoms with van der Waals surface area (Å²) in [5.41, 5.74) is 2.21. The smallest absolute Gasteiger partial charge is 0.273 e. The van der Waals surface area contributed by atoms with Gasteiger partial charge in [0.25, 0.3) is 5.91 Å². The number of aryl methyl sites for hydroxylation is 1. The largest absolute Gasteiger partial charge is 0.394 e. The molecule has 0 aliphatic carbocycles. The fraction of sp³-hybridized carbons (Fsp3) is 0.308. The number of amides is 1. The van der Waals surface area contributed by atoms with Crippen LogP contribution in [-0.4, -0.2) is 38.7 Å². The van der Waals surface area contributed by atoms with Crippen LogP contribution in [0.5, 0.6) is 0 Å². The molecule has 0 bridgehead atoms. The third-order valence-corrected chi connectivity index (χ3v) is 2.68. The van der Waals surface area contributed by atoms with Crippen LogP contribution in [0, 0.1) is 6.92 Å². The van der Waals surface area contributed by atoms with E-state index in [1.54, 1.807) is 13.1 Å². The molecule has 0 aliphatic rings. The van der Waals surface area contributed by atoms with Crippen molar-refractivity contribution in [1.29, 1.82) is 0 Å². The second kappa shape index (κ2) is 5.62. The minimum absolute atomic E-state index is 0.113. The van der Waals surface area contributed by atoms with Crippen LogP contribution in [0.15, 0.2) is 30.5 Å². The first-order valence-corrected chi connectivity index (χ1v) is 6.01. The third-order valence-electron chi connectivity index (χ3n) is 2.68. The van der Waals surface area contributed by atoms with Crippen molar-refractivity contribution in [3.63, 3.8) is 0 Å². The number of rotatable bonds is 4. The SMILES string of the molecule is Cc1ccc(-n2cc(C(=O)NC(C)CO)nn2)cc1. The predicted molar refractivity (Wildman–Crippen MR) is 70.1 cm³/mol. The van der Waals surface area contributed by atoms with Gasteiger partial charge in [0.05, 0.1) is 18.5 Å². The summed E-state index contributed by atoms with van der Waals surface area (Å²) in [6, 6.07) is 7.43. The summed E-state index contributed by atoms with van der Waals surface area (Å²) in [5.74, 6) is -0.347. The Balaban J connectivity index is 2.15. The number of benzene rings is 1. The van der Waals surface area contributed by atoms with Crippen molar-refractivity contribution in [1.82, 2.24) is 20.3 Å². The van der Waals surface area contributed by atoms with Crippen LogP contribution in [0.1, 0.15) is 23.0 Å². The maximum absolute atomic E-state index is 11.8. The first-order chi connectivity index (χ1) is 9.10. The number of hydrogen-bond donors (Lipinski definition) is 2. The van der Waals surface area contributed by atoms with Crippen LogP contribution < -0.4 is 5.32 Å².